The normalized spacial score (nSPS) is 12.9. The standard InChI is InChI=1S/C8H9NO2.C5H9NO.C4H10/c1-5-3-7(8(10)11)4-6(2)9-5;7-5-6-3-1-2-4-6;1-4(2)3/h3-4H,1-2H3,(H,10,11);5H,1-4H2;4H,1-3H3. The predicted molar refractivity (Wildman–Crippen MR) is 88.1 cm³/mol. The lowest BCUT2D eigenvalue weighted by atomic mass is 10.2. The Morgan fingerprint density at radius 1 is 1.18 bits per heavy atom. The Kier molecular flexibility index (Phi) is 9.83. The van der Waals surface area contributed by atoms with Gasteiger partial charge in [-0.2, -0.15) is 0 Å². The third-order valence-electron chi connectivity index (χ3n) is 2.62. The molecule has 1 saturated heterocycles. The molecule has 1 aromatic rings. The first kappa shape index (κ1) is 20.1. The van der Waals surface area contributed by atoms with Crippen molar-refractivity contribution in [2.45, 2.75) is 47.5 Å². The molecule has 5 nitrogen and oxygen atoms in total. The van der Waals surface area contributed by atoms with E-state index in [0.717, 1.165) is 36.8 Å². The molecule has 0 bridgehead atoms. The molecule has 2 rings (SSSR count). The highest BCUT2D eigenvalue weighted by molar-refractivity contribution is 5.87. The number of pyridine rings is 1. The lowest BCUT2D eigenvalue weighted by Gasteiger charge is -2.03. The molecular formula is C17H28N2O3. The molecule has 1 fully saturated rings. The van der Waals surface area contributed by atoms with Crippen molar-refractivity contribution < 1.29 is 14.7 Å². The predicted octanol–water partition coefficient (Wildman–Crippen LogP) is 3.30. The molecule has 1 N–H and O–H groups in total. The molecule has 124 valence electrons. The van der Waals surface area contributed by atoms with Gasteiger partial charge in [0.2, 0.25) is 6.41 Å². The van der Waals surface area contributed by atoms with Crippen molar-refractivity contribution in [3.8, 4) is 0 Å². The fourth-order valence-corrected chi connectivity index (χ4v) is 1.80. The average Bonchev–Trinajstić information content (AvgIpc) is 2.90. The van der Waals surface area contributed by atoms with Crippen LogP contribution in [0, 0.1) is 19.8 Å². The lowest BCUT2D eigenvalue weighted by molar-refractivity contribution is -0.117. The fraction of sp³-hybridized carbons (Fsp3) is 0.588. The molecule has 0 radical (unpaired) electrons. The summed E-state index contributed by atoms with van der Waals surface area (Å²) in [4.78, 5) is 26.3. The molecule has 1 amide bonds. The van der Waals surface area contributed by atoms with Crippen LogP contribution in [0.4, 0.5) is 0 Å². The maximum Gasteiger partial charge on any atom is 0.335 e. The highest BCUT2D eigenvalue weighted by Crippen LogP contribution is 2.04. The van der Waals surface area contributed by atoms with E-state index in [9.17, 15) is 9.59 Å². The first-order valence-electron chi connectivity index (χ1n) is 7.64. The maximum absolute atomic E-state index is 10.5. The summed E-state index contributed by atoms with van der Waals surface area (Å²) in [7, 11) is 0. The highest BCUT2D eigenvalue weighted by Gasteiger charge is 2.06. The zero-order chi connectivity index (χ0) is 17.1. The van der Waals surface area contributed by atoms with Crippen molar-refractivity contribution >= 4 is 12.4 Å². The Morgan fingerprint density at radius 2 is 1.59 bits per heavy atom. The second-order valence-electron chi connectivity index (χ2n) is 6.02. The topological polar surface area (TPSA) is 70.5 Å². The molecule has 0 aliphatic carbocycles. The number of aryl methyl sites for hydroxylation is 2. The van der Waals surface area contributed by atoms with E-state index >= 15 is 0 Å². The number of nitrogens with zero attached hydrogens (tertiary/aromatic N) is 2. The van der Waals surface area contributed by atoms with E-state index in [4.69, 9.17) is 5.11 Å². The third kappa shape index (κ3) is 9.91. The molecule has 5 heteroatoms. The number of carbonyl (C=O) groups excluding carboxylic acids is 1. The maximum atomic E-state index is 10.5. The van der Waals surface area contributed by atoms with E-state index in [1.54, 1.807) is 30.9 Å². The Morgan fingerprint density at radius 3 is 1.86 bits per heavy atom. The van der Waals surface area contributed by atoms with Gasteiger partial charge in [-0.25, -0.2) is 4.79 Å². The minimum absolute atomic E-state index is 0.301. The van der Waals surface area contributed by atoms with Crippen molar-refractivity contribution in [2.24, 2.45) is 5.92 Å². The number of rotatable bonds is 2. The van der Waals surface area contributed by atoms with Crippen LogP contribution in [0.25, 0.3) is 0 Å². The first-order chi connectivity index (χ1) is 10.3. The van der Waals surface area contributed by atoms with Gasteiger partial charge in [0.15, 0.2) is 0 Å². The second kappa shape index (κ2) is 10.8. The summed E-state index contributed by atoms with van der Waals surface area (Å²) in [6.45, 7) is 12.0. The summed E-state index contributed by atoms with van der Waals surface area (Å²) in [5, 5.41) is 8.61. The number of amides is 1. The van der Waals surface area contributed by atoms with Gasteiger partial charge >= 0.3 is 5.97 Å². The molecule has 0 atom stereocenters. The van der Waals surface area contributed by atoms with E-state index in [-0.39, 0.29) is 0 Å². The van der Waals surface area contributed by atoms with E-state index in [1.165, 1.54) is 12.8 Å². The Hall–Kier alpha value is -1.91. The van der Waals surface area contributed by atoms with Crippen molar-refractivity contribution in [3.05, 3.63) is 29.1 Å². The quantitative estimate of drug-likeness (QED) is 0.851. The number of aromatic carboxylic acids is 1. The van der Waals surface area contributed by atoms with E-state index in [1.807, 2.05) is 0 Å². The van der Waals surface area contributed by atoms with Gasteiger partial charge in [0.25, 0.3) is 0 Å². The van der Waals surface area contributed by atoms with Gasteiger partial charge in [-0.05, 0) is 44.7 Å². The Labute approximate surface area is 133 Å². The van der Waals surface area contributed by atoms with Crippen molar-refractivity contribution in [2.75, 3.05) is 13.1 Å². The summed E-state index contributed by atoms with van der Waals surface area (Å²) < 4.78 is 0. The number of likely N-dealkylation sites (tertiary alicyclic amines) is 1. The summed E-state index contributed by atoms with van der Waals surface area (Å²) >= 11 is 0. The molecule has 2 heterocycles. The largest absolute Gasteiger partial charge is 0.478 e. The minimum atomic E-state index is -0.904. The molecule has 1 aliphatic rings. The van der Waals surface area contributed by atoms with Crippen LogP contribution in [0.15, 0.2) is 12.1 Å². The van der Waals surface area contributed by atoms with Gasteiger partial charge in [0.1, 0.15) is 0 Å². The number of hydrogen-bond donors (Lipinski definition) is 1. The van der Waals surface area contributed by atoms with Crippen LogP contribution in [0.3, 0.4) is 0 Å². The SMILES string of the molecule is CC(C)C.Cc1cc(C(=O)O)cc(C)n1.O=CN1CCCC1. The van der Waals surface area contributed by atoms with Crippen LogP contribution in [0.5, 0.6) is 0 Å². The zero-order valence-electron chi connectivity index (χ0n) is 14.3. The number of carbonyl (C=O) groups is 2. The minimum Gasteiger partial charge on any atom is -0.478 e. The smallest absolute Gasteiger partial charge is 0.335 e. The molecule has 22 heavy (non-hydrogen) atoms. The van der Waals surface area contributed by atoms with Crippen molar-refractivity contribution in [1.82, 2.24) is 9.88 Å². The van der Waals surface area contributed by atoms with Gasteiger partial charge in [-0.3, -0.25) is 9.78 Å². The van der Waals surface area contributed by atoms with Crippen LogP contribution in [-0.2, 0) is 4.79 Å². The fourth-order valence-electron chi connectivity index (χ4n) is 1.80. The van der Waals surface area contributed by atoms with Crippen molar-refractivity contribution in [1.29, 1.82) is 0 Å². The van der Waals surface area contributed by atoms with Crippen LogP contribution in [0.1, 0.15) is 55.4 Å². The summed E-state index contributed by atoms with van der Waals surface area (Å²) in [5.74, 6) is -0.0707. The monoisotopic (exact) mass is 308 g/mol. The highest BCUT2D eigenvalue weighted by atomic mass is 16.4. The Bertz CT molecular complexity index is 444. The number of carboxylic acid groups (broad SMARTS) is 1. The molecule has 0 saturated carbocycles. The Balaban J connectivity index is 0.000000343. The second-order valence-corrected chi connectivity index (χ2v) is 6.02. The number of aromatic nitrogens is 1. The van der Waals surface area contributed by atoms with E-state index < -0.39 is 5.97 Å². The molecule has 1 aliphatic heterocycles. The number of carboxylic acids is 1. The first-order valence-corrected chi connectivity index (χ1v) is 7.64. The summed E-state index contributed by atoms with van der Waals surface area (Å²) in [6.07, 6.45) is 3.31. The van der Waals surface area contributed by atoms with Crippen LogP contribution < -0.4 is 0 Å². The van der Waals surface area contributed by atoms with E-state index in [0.29, 0.717) is 5.56 Å². The van der Waals surface area contributed by atoms with Crippen LogP contribution in [0.2, 0.25) is 0 Å². The molecule has 0 aromatic carbocycles. The summed E-state index contributed by atoms with van der Waals surface area (Å²) in [5.41, 5.74) is 1.78. The lowest BCUT2D eigenvalue weighted by Crippen LogP contribution is -2.15. The van der Waals surface area contributed by atoms with Crippen LogP contribution >= 0.6 is 0 Å². The molecule has 0 spiro atoms. The van der Waals surface area contributed by atoms with Gasteiger partial charge in [-0.1, -0.05) is 20.8 Å². The van der Waals surface area contributed by atoms with Crippen molar-refractivity contribution in [3.63, 3.8) is 0 Å². The van der Waals surface area contributed by atoms with Gasteiger partial charge < -0.3 is 10.0 Å². The summed E-state index contributed by atoms with van der Waals surface area (Å²) in [6, 6.07) is 3.10. The van der Waals surface area contributed by atoms with Gasteiger partial charge in [-0.15, -0.1) is 0 Å². The molecule has 1 aromatic heterocycles. The van der Waals surface area contributed by atoms with Gasteiger partial charge in [0, 0.05) is 24.5 Å². The third-order valence-corrected chi connectivity index (χ3v) is 2.62. The van der Waals surface area contributed by atoms with Gasteiger partial charge in [0.05, 0.1) is 5.56 Å². The zero-order valence-corrected chi connectivity index (χ0v) is 14.3. The molecule has 0 unspecified atom stereocenters. The van der Waals surface area contributed by atoms with E-state index in [2.05, 4.69) is 25.8 Å². The number of hydrogen-bond acceptors (Lipinski definition) is 3. The average molecular weight is 308 g/mol. The van der Waals surface area contributed by atoms with Crippen LogP contribution in [-0.4, -0.2) is 40.5 Å². The molecular weight excluding hydrogens is 280 g/mol.